The van der Waals surface area contributed by atoms with Gasteiger partial charge in [0.15, 0.2) is 6.10 Å². The van der Waals surface area contributed by atoms with E-state index in [9.17, 15) is 27.5 Å². The van der Waals surface area contributed by atoms with Crippen molar-refractivity contribution in [3.63, 3.8) is 0 Å². The average molecular weight is 349 g/mol. The van der Waals surface area contributed by atoms with Gasteiger partial charge in [-0.25, -0.2) is 9.18 Å². The van der Waals surface area contributed by atoms with E-state index in [1.54, 1.807) is 4.90 Å². The highest BCUT2D eigenvalue weighted by Crippen LogP contribution is 2.33. The topological polar surface area (TPSA) is 49.8 Å². The van der Waals surface area contributed by atoms with Gasteiger partial charge in [0.25, 0.3) is 0 Å². The van der Waals surface area contributed by atoms with Gasteiger partial charge in [-0.1, -0.05) is 6.07 Å². The Hall–Kier alpha value is -1.67. The molecule has 1 unspecified atom stereocenters. The molecule has 1 N–H and O–H groups in total. The van der Waals surface area contributed by atoms with Gasteiger partial charge < -0.3 is 9.84 Å². The Morgan fingerprint density at radius 2 is 2.00 bits per heavy atom. The highest BCUT2D eigenvalue weighted by atomic mass is 19.4. The Kier molecular flexibility index (Phi) is 5.82. The molecule has 0 aromatic heterocycles. The SMILES string of the molecule is COC(=O)C(O)C1CCN(Cc2ccc(F)cc2C(F)(F)F)CC1. The third-order valence-electron chi connectivity index (χ3n) is 4.29. The molecule has 24 heavy (non-hydrogen) atoms. The second-order valence-electron chi connectivity index (χ2n) is 5.88. The number of halogens is 4. The number of alkyl halides is 3. The van der Waals surface area contributed by atoms with Crippen molar-refractivity contribution in [3.8, 4) is 0 Å². The molecule has 134 valence electrons. The number of hydrogen-bond acceptors (Lipinski definition) is 4. The van der Waals surface area contributed by atoms with Gasteiger partial charge in [0.1, 0.15) is 5.82 Å². The van der Waals surface area contributed by atoms with Crippen LogP contribution in [0.1, 0.15) is 24.0 Å². The third-order valence-corrected chi connectivity index (χ3v) is 4.29. The van der Waals surface area contributed by atoms with Crippen molar-refractivity contribution in [1.29, 1.82) is 0 Å². The van der Waals surface area contributed by atoms with Gasteiger partial charge in [-0.15, -0.1) is 0 Å². The predicted molar refractivity (Wildman–Crippen MR) is 77.4 cm³/mol. The van der Waals surface area contributed by atoms with Crippen molar-refractivity contribution in [1.82, 2.24) is 4.90 Å². The van der Waals surface area contributed by atoms with Crippen LogP contribution < -0.4 is 0 Å². The van der Waals surface area contributed by atoms with Crippen molar-refractivity contribution in [3.05, 3.63) is 35.1 Å². The van der Waals surface area contributed by atoms with Crippen molar-refractivity contribution < 1.29 is 32.2 Å². The molecule has 0 saturated carbocycles. The number of aliphatic hydroxyl groups is 1. The number of carbonyl (C=O) groups excluding carboxylic acids is 1. The highest BCUT2D eigenvalue weighted by molar-refractivity contribution is 5.74. The normalized spacial score (nSPS) is 18.4. The lowest BCUT2D eigenvalue weighted by atomic mass is 9.91. The molecule has 2 rings (SSSR count). The van der Waals surface area contributed by atoms with Crippen LogP contribution in [-0.2, 0) is 22.3 Å². The number of rotatable bonds is 4. The Balaban J connectivity index is 2.01. The molecule has 0 bridgehead atoms. The van der Waals surface area contributed by atoms with E-state index in [0.29, 0.717) is 32.0 Å². The van der Waals surface area contributed by atoms with Gasteiger partial charge >= 0.3 is 12.1 Å². The number of likely N-dealkylation sites (tertiary alicyclic amines) is 1. The van der Waals surface area contributed by atoms with E-state index in [-0.39, 0.29) is 18.0 Å². The molecular formula is C16H19F4NO3. The monoisotopic (exact) mass is 349 g/mol. The van der Waals surface area contributed by atoms with E-state index in [0.717, 1.165) is 12.1 Å². The average Bonchev–Trinajstić information content (AvgIpc) is 2.55. The van der Waals surface area contributed by atoms with E-state index in [1.165, 1.54) is 7.11 Å². The number of hydrogen-bond donors (Lipinski definition) is 1. The summed E-state index contributed by atoms with van der Waals surface area (Å²) in [5, 5.41) is 9.82. The Morgan fingerprint density at radius 1 is 1.38 bits per heavy atom. The minimum atomic E-state index is -4.61. The van der Waals surface area contributed by atoms with Gasteiger partial charge in [0, 0.05) is 6.54 Å². The van der Waals surface area contributed by atoms with E-state index in [1.807, 2.05) is 0 Å². The quantitative estimate of drug-likeness (QED) is 0.671. The molecular weight excluding hydrogens is 330 g/mol. The van der Waals surface area contributed by atoms with Crippen LogP contribution >= 0.6 is 0 Å². The minimum absolute atomic E-state index is 0.0101. The number of methoxy groups -OCH3 is 1. The lowest BCUT2D eigenvalue weighted by Gasteiger charge is -2.33. The van der Waals surface area contributed by atoms with Crippen molar-refractivity contribution in [2.75, 3.05) is 20.2 Å². The standard InChI is InChI=1S/C16H19F4NO3/c1-24-15(23)14(22)10-4-6-21(7-5-10)9-11-2-3-12(17)8-13(11)16(18,19)20/h2-3,8,10,14,22H,4-7,9H2,1H3. The molecule has 4 nitrogen and oxygen atoms in total. The summed E-state index contributed by atoms with van der Waals surface area (Å²) in [6.07, 6.45) is -4.89. The molecule has 0 amide bonds. The maximum Gasteiger partial charge on any atom is 0.416 e. The van der Waals surface area contributed by atoms with Gasteiger partial charge in [-0.05, 0) is 49.5 Å². The Bertz CT molecular complexity index is 583. The summed E-state index contributed by atoms with van der Waals surface area (Å²) in [4.78, 5) is 13.1. The molecule has 1 saturated heterocycles. The smallest absolute Gasteiger partial charge is 0.416 e. The minimum Gasteiger partial charge on any atom is -0.467 e. The maximum absolute atomic E-state index is 13.1. The summed E-state index contributed by atoms with van der Waals surface area (Å²) in [5.74, 6) is -1.90. The zero-order valence-corrected chi connectivity index (χ0v) is 13.1. The molecule has 8 heteroatoms. The number of carbonyl (C=O) groups is 1. The van der Waals surface area contributed by atoms with Gasteiger partial charge in [-0.2, -0.15) is 13.2 Å². The lowest BCUT2D eigenvalue weighted by molar-refractivity contribution is -0.154. The number of piperidine rings is 1. The van der Waals surface area contributed by atoms with E-state index >= 15 is 0 Å². The Labute approximate surface area is 137 Å². The third kappa shape index (κ3) is 4.45. The summed E-state index contributed by atoms with van der Waals surface area (Å²) >= 11 is 0. The fourth-order valence-electron chi connectivity index (χ4n) is 2.93. The van der Waals surface area contributed by atoms with Crippen molar-refractivity contribution >= 4 is 5.97 Å². The summed E-state index contributed by atoms with van der Waals surface area (Å²) in [6, 6.07) is 2.66. The maximum atomic E-state index is 13.1. The number of ether oxygens (including phenoxy) is 1. The molecule has 1 heterocycles. The molecule has 1 aromatic carbocycles. The first-order valence-corrected chi connectivity index (χ1v) is 7.56. The number of benzene rings is 1. The first-order valence-electron chi connectivity index (χ1n) is 7.56. The molecule has 1 fully saturated rings. The summed E-state index contributed by atoms with van der Waals surface area (Å²) < 4.78 is 56.6. The van der Waals surface area contributed by atoms with Crippen LogP contribution in [-0.4, -0.2) is 42.3 Å². The van der Waals surface area contributed by atoms with Crippen molar-refractivity contribution in [2.45, 2.75) is 31.7 Å². The molecule has 1 aliphatic rings. The first-order chi connectivity index (χ1) is 11.2. The zero-order valence-electron chi connectivity index (χ0n) is 13.1. The van der Waals surface area contributed by atoms with Crippen molar-refractivity contribution in [2.24, 2.45) is 5.92 Å². The summed E-state index contributed by atoms with van der Waals surface area (Å²) in [7, 11) is 1.19. The van der Waals surface area contributed by atoms with Gasteiger partial charge in [0.2, 0.25) is 0 Å². The largest absolute Gasteiger partial charge is 0.467 e. The second-order valence-corrected chi connectivity index (χ2v) is 5.88. The molecule has 1 atom stereocenters. The van der Waals surface area contributed by atoms with Crippen LogP contribution in [0.5, 0.6) is 0 Å². The molecule has 1 aliphatic heterocycles. The van der Waals surface area contributed by atoms with Crippen LogP contribution in [0.2, 0.25) is 0 Å². The van der Waals surface area contributed by atoms with Crippen LogP contribution in [0.4, 0.5) is 17.6 Å². The lowest BCUT2D eigenvalue weighted by Crippen LogP contribution is -2.40. The van der Waals surface area contributed by atoms with Crippen LogP contribution in [0.15, 0.2) is 18.2 Å². The molecule has 0 spiro atoms. The van der Waals surface area contributed by atoms with E-state index in [4.69, 9.17) is 0 Å². The zero-order chi connectivity index (χ0) is 17.9. The molecule has 0 radical (unpaired) electrons. The summed E-state index contributed by atoms with van der Waals surface area (Å²) in [5.41, 5.74) is -0.963. The highest BCUT2D eigenvalue weighted by Gasteiger charge is 2.35. The first kappa shape index (κ1) is 18.7. The van der Waals surface area contributed by atoms with E-state index in [2.05, 4.69) is 4.74 Å². The fraction of sp³-hybridized carbons (Fsp3) is 0.562. The van der Waals surface area contributed by atoms with Gasteiger partial charge in [0.05, 0.1) is 12.7 Å². The molecule has 1 aromatic rings. The number of nitrogens with zero attached hydrogens (tertiary/aromatic N) is 1. The van der Waals surface area contributed by atoms with Gasteiger partial charge in [-0.3, -0.25) is 4.90 Å². The van der Waals surface area contributed by atoms with Crippen LogP contribution in [0.25, 0.3) is 0 Å². The number of esters is 1. The number of aliphatic hydroxyl groups excluding tert-OH is 1. The fourth-order valence-corrected chi connectivity index (χ4v) is 2.93. The second kappa shape index (κ2) is 7.48. The summed E-state index contributed by atoms with van der Waals surface area (Å²) in [6.45, 7) is 0.914. The predicted octanol–water partition coefficient (Wildman–Crippen LogP) is 2.59. The van der Waals surface area contributed by atoms with Crippen LogP contribution in [0, 0.1) is 11.7 Å². The Morgan fingerprint density at radius 3 is 2.54 bits per heavy atom. The van der Waals surface area contributed by atoms with Crippen LogP contribution in [0.3, 0.4) is 0 Å². The van der Waals surface area contributed by atoms with E-state index < -0.39 is 29.6 Å². The molecule has 0 aliphatic carbocycles.